The fourth-order valence-electron chi connectivity index (χ4n) is 6.90. The molecular formula is C45H77N9O17S. The van der Waals surface area contributed by atoms with Crippen LogP contribution in [0.5, 0.6) is 0 Å². The van der Waals surface area contributed by atoms with Crippen LogP contribution in [0.1, 0.15) is 113 Å². The van der Waals surface area contributed by atoms with Crippen molar-refractivity contribution in [1.82, 2.24) is 42.5 Å². The standard InChI is InChI=1S/C45H77N9O17S/c1-21(2)14-25(46)37(62)49-28(15-22(3)4)41(66)51-31(19-36(60)61)43(68)52-30(18-35(58)59)42(67)47-26(10-11-34(56)57)38(63)50-29(16-23(5)6)40(65)48-27(12-13-72-9)39(64)54-33(20-55)44(69)53-32(45(70)71)17-24(7)8/h21-33,55H,10-20,46H2,1-9H3,(H,47,67)(H,48,65)(H,49,62)(H,50,63)(H,51,66)(H,52,68)(H,53,69)(H,54,64)(H,56,57)(H,58,59)(H,60,61)(H,70,71)/t25-,26-,27-,28-,29-,30-,31-,32-,33-/m0/s1. The molecule has 0 aliphatic carbocycles. The Hall–Kier alpha value is -6.09. The van der Waals surface area contributed by atoms with Gasteiger partial charge in [-0.15, -0.1) is 0 Å². The van der Waals surface area contributed by atoms with Crippen molar-refractivity contribution < 1.29 is 83.1 Å². The molecule has 0 spiro atoms. The molecule has 0 saturated heterocycles. The zero-order valence-electron chi connectivity index (χ0n) is 42.4. The molecule has 0 rings (SSSR count). The summed E-state index contributed by atoms with van der Waals surface area (Å²) in [4.78, 5) is 155. The molecule has 0 aromatic heterocycles. The second-order valence-electron chi connectivity index (χ2n) is 19.0. The van der Waals surface area contributed by atoms with Gasteiger partial charge in [0.25, 0.3) is 0 Å². The average molecular weight is 1050 g/mol. The fraction of sp³-hybridized carbons (Fsp3) is 0.733. The van der Waals surface area contributed by atoms with Crippen molar-refractivity contribution in [3.05, 3.63) is 0 Å². The predicted molar refractivity (Wildman–Crippen MR) is 260 cm³/mol. The number of carboxylic acids is 4. The van der Waals surface area contributed by atoms with Crippen molar-refractivity contribution in [2.24, 2.45) is 29.4 Å². The number of hydrogen-bond acceptors (Lipinski definition) is 15. The van der Waals surface area contributed by atoms with Crippen LogP contribution in [0.3, 0.4) is 0 Å². The fourth-order valence-corrected chi connectivity index (χ4v) is 7.37. The lowest BCUT2D eigenvalue weighted by Gasteiger charge is -2.28. The van der Waals surface area contributed by atoms with Gasteiger partial charge in [-0.05, 0) is 74.2 Å². The van der Waals surface area contributed by atoms with E-state index in [9.17, 15) is 83.1 Å². The maximum Gasteiger partial charge on any atom is 0.326 e. The average Bonchev–Trinajstić information content (AvgIpc) is 3.25. The zero-order chi connectivity index (χ0) is 55.6. The third-order valence-electron chi connectivity index (χ3n) is 10.4. The number of aliphatic hydroxyl groups excluding tert-OH is 1. The monoisotopic (exact) mass is 1050 g/mol. The van der Waals surface area contributed by atoms with Gasteiger partial charge in [-0.3, -0.25) is 52.7 Å². The first-order valence-electron chi connectivity index (χ1n) is 23.6. The highest BCUT2D eigenvalue weighted by Crippen LogP contribution is 2.12. The summed E-state index contributed by atoms with van der Waals surface area (Å²) in [5, 5.41) is 66.9. The first kappa shape index (κ1) is 65.9. The second-order valence-corrected chi connectivity index (χ2v) is 20.0. The zero-order valence-corrected chi connectivity index (χ0v) is 43.2. The van der Waals surface area contributed by atoms with Crippen LogP contribution < -0.4 is 48.3 Å². The predicted octanol–water partition coefficient (Wildman–Crippen LogP) is -1.98. The largest absolute Gasteiger partial charge is 0.481 e. The summed E-state index contributed by atoms with van der Waals surface area (Å²) in [6.07, 6.45) is -1.80. The Morgan fingerprint density at radius 2 is 0.708 bits per heavy atom. The van der Waals surface area contributed by atoms with E-state index in [0.29, 0.717) is 0 Å². The summed E-state index contributed by atoms with van der Waals surface area (Å²) < 4.78 is 0. The van der Waals surface area contributed by atoms with E-state index in [-0.39, 0.29) is 61.5 Å². The van der Waals surface area contributed by atoms with Gasteiger partial charge in [0, 0.05) is 6.42 Å². The van der Waals surface area contributed by atoms with E-state index in [4.69, 9.17) is 5.73 Å². The lowest BCUT2D eigenvalue weighted by Crippen LogP contribution is -2.61. The van der Waals surface area contributed by atoms with Crippen molar-refractivity contribution in [2.75, 3.05) is 18.6 Å². The molecule has 0 fully saturated rings. The van der Waals surface area contributed by atoms with E-state index in [1.54, 1.807) is 47.8 Å². The number of carbonyl (C=O) groups is 12. The van der Waals surface area contributed by atoms with Gasteiger partial charge >= 0.3 is 23.9 Å². The lowest BCUT2D eigenvalue weighted by atomic mass is 10.00. The summed E-state index contributed by atoms with van der Waals surface area (Å²) in [5.74, 6) is -15.0. The van der Waals surface area contributed by atoms with Crippen molar-refractivity contribution in [3.63, 3.8) is 0 Å². The number of carbonyl (C=O) groups excluding carboxylic acids is 8. The Balaban J connectivity index is 6.67. The molecule has 0 bridgehead atoms. The third kappa shape index (κ3) is 26.9. The van der Waals surface area contributed by atoms with E-state index in [1.807, 2.05) is 13.8 Å². The van der Waals surface area contributed by atoms with Crippen LogP contribution >= 0.6 is 11.8 Å². The molecule has 27 heteroatoms. The normalized spacial score (nSPS) is 15.0. The van der Waals surface area contributed by atoms with Gasteiger partial charge in [0.05, 0.1) is 25.5 Å². The smallest absolute Gasteiger partial charge is 0.326 e. The van der Waals surface area contributed by atoms with Gasteiger partial charge in [0.15, 0.2) is 0 Å². The molecule has 8 amide bonds. The number of thioether (sulfide) groups is 1. The first-order valence-corrected chi connectivity index (χ1v) is 25.0. The number of carboxylic acid groups (broad SMARTS) is 4. The summed E-state index contributed by atoms with van der Waals surface area (Å²) in [7, 11) is 0. The minimum atomic E-state index is -2.08. The van der Waals surface area contributed by atoms with Crippen molar-refractivity contribution in [3.8, 4) is 0 Å². The highest BCUT2D eigenvalue weighted by Gasteiger charge is 2.36. The molecule has 0 aromatic carbocycles. The molecule has 0 aliphatic rings. The molecule has 0 aliphatic heterocycles. The van der Waals surface area contributed by atoms with E-state index in [1.165, 1.54) is 11.8 Å². The third-order valence-corrected chi connectivity index (χ3v) is 11.1. The minimum absolute atomic E-state index is 0.0169. The highest BCUT2D eigenvalue weighted by molar-refractivity contribution is 7.98. The molecule has 72 heavy (non-hydrogen) atoms. The topological polar surface area (TPSA) is 428 Å². The Bertz CT molecular complexity index is 1890. The quantitative estimate of drug-likeness (QED) is 0.0323. The number of hydrogen-bond donors (Lipinski definition) is 14. The molecule has 9 atom stereocenters. The molecule has 0 radical (unpaired) electrons. The van der Waals surface area contributed by atoms with Gasteiger partial charge in [0.1, 0.15) is 48.3 Å². The van der Waals surface area contributed by atoms with Gasteiger partial charge in [0.2, 0.25) is 47.3 Å². The second kappa shape index (κ2) is 33.5. The molecule has 0 heterocycles. The molecule has 0 unspecified atom stereocenters. The lowest BCUT2D eigenvalue weighted by molar-refractivity contribution is -0.144. The molecule has 26 nitrogen and oxygen atoms in total. The Kier molecular flexibility index (Phi) is 30.7. The Labute approximate surface area is 423 Å². The maximum atomic E-state index is 13.9. The molecule has 0 saturated carbocycles. The van der Waals surface area contributed by atoms with Crippen LogP contribution in [0, 0.1) is 23.7 Å². The Morgan fingerprint density at radius 3 is 1.07 bits per heavy atom. The number of aliphatic carboxylic acids is 4. The van der Waals surface area contributed by atoms with Crippen LogP contribution in [-0.4, -0.2) is 170 Å². The van der Waals surface area contributed by atoms with Crippen LogP contribution in [0.4, 0.5) is 0 Å². The number of nitrogens with two attached hydrogens (primary N) is 1. The molecular weight excluding hydrogens is 971 g/mol. The van der Waals surface area contributed by atoms with E-state index in [0.717, 1.165) is 0 Å². The minimum Gasteiger partial charge on any atom is -0.481 e. The molecule has 15 N–H and O–H groups in total. The van der Waals surface area contributed by atoms with Gasteiger partial charge in [-0.2, -0.15) is 11.8 Å². The number of aliphatic hydroxyl groups is 1. The van der Waals surface area contributed by atoms with Crippen molar-refractivity contribution >= 4 is 82.9 Å². The van der Waals surface area contributed by atoms with Crippen LogP contribution in [-0.2, 0) is 57.5 Å². The summed E-state index contributed by atoms with van der Waals surface area (Å²) in [6.45, 7) is 12.9. The van der Waals surface area contributed by atoms with Gasteiger partial charge in [-0.25, -0.2) is 4.79 Å². The first-order chi connectivity index (χ1) is 33.4. The van der Waals surface area contributed by atoms with E-state index < -0.39 is 158 Å². The van der Waals surface area contributed by atoms with Crippen LogP contribution in [0.25, 0.3) is 0 Å². The summed E-state index contributed by atoms with van der Waals surface area (Å²) in [5.41, 5.74) is 5.98. The van der Waals surface area contributed by atoms with Crippen molar-refractivity contribution in [1.29, 1.82) is 0 Å². The summed E-state index contributed by atoms with van der Waals surface area (Å²) >= 11 is 1.28. The highest BCUT2D eigenvalue weighted by atomic mass is 32.2. The van der Waals surface area contributed by atoms with E-state index >= 15 is 0 Å². The number of nitrogens with one attached hydrogen (secondary N) is 8. The maximum absolute atomic E-state index is 13.9. The van der Waals surface area contributed by atoms with Crippen LogP contribution in [0.15, 0.2) is 0 Å². The molecule has 0 aromatic rings. The van der Waals surface area contributed by atoms with Crippen LogP contribution in [0.2, 0.25) is 0 Å². The van der Waals surface area contributed by atoms with E-state index in [2.05, 4.69) is 42.5 Å². The molecule has 410 valence electrons. The Morgan fingerprint density at radius 1 is 0.403 bits per heavy atom. The number of rotatable bonds is 36. The van der Waals surface area contributed by atoms with Crippen molar-refractivity contribution in [2.45, 2.75) is 168 Å². The van der Waals surface area contributed by atoms with Gasteiger partial charge in [-0.1, -0.05) is 55.4 Å². The summed E-state index contributed by atoms with van der Waals surface area (Å²) in [6, 6.07) is -14.0. The SMILES string of the molecule is CSCC[C@H](NC(=O)[C@H](CC(C)C)NC(=O)[C@H](CCC(=O)O)NC(=O)[C@H](CC(=O)O)NC(=O)[C@H](CC(=O)O)NC(=O)[C@H](CC(C)C)NC(=O)[C@@H](N)CC(C)C)C(=O)N[C@@H](CO)C(=O)N[C@@H](CC(C)C)C(=O)O. The van der Waals surface area contributed by atoms with Gasteiger partial charge < -0.3 is 73.8 Å². The number of amides is 8.